The summed E-state index contributed by atoms with van der Waals surface area (Å²) in [6.07, 6.45) is 0.969. The lowest BCUT2D eigenvalue weighted by Gasteiger charge is -2.15. The highest BCUT2D eigenvalue weighted by atomic mass is 14.9. The summed E-state index contributed by atoms with van der Waals surface area (Å²) in [6.45, 7) is 2.89. The van der Waals surface area contributed by atoms with Crippen LogP contribution in [0.1, 0.15) is 13.3 Å². The lowest BCUT2D eigenvalue weighted by Crippen LogP contribution is -2.28. The number of rotatable bonds is 6. The Bertz CT molecular complexity index is 709. The van der Waals surface area contributed by atoms with Crippen molar-refractivity contribution in [2.45, 2.75) is 19.4 Å². The zero-order valence-corrected chi connectivity index (χ0v) is 14.1. The molecule has 0 spiro atoms. The predicted molar refractivity (Wildman–Crippen MR) is 104 cm³/mol. The zero-order valence-electron chi connectivity index (χ0n) is 14.1. The fourth-order valence-corrected chi connectivity index (χ4v) is 2.72. The molecule has 24 heavy (non-hydrogen) atoms. The zero-order chi connectivity index (χ0) is 16.8. The van der Waals surface area contributed by atoms with Crippen molar-refractivity contribution in [2.24, 2.45) is 5.73 Å². The molecule has 0 saturated heterocycles. The number of benzene rings is 3. The van der Waals surface area contributed by atoms with Crippen LogP contribution in [-0.2, 0) is 0 Å². The van der Waals surface area contributed by atoms with Crippen LogP contribution in [0.3, 0.4) is 0 Å². The molecule has 0 radical (unpaired) electrons. The van der Waals surface area contributed by atoms with Gasteiger partial charge in [-0.05, 0) is 46.9 Å². The van der Waals surface area contributed by atoms with Crippen molar-refractivity contribution < 1.29 is 0 Å². The summed E-state index contributed by atoms with van der Waals surface area (Å²) in [5.74, 6) is 0. The Morgan fingerprint density at radius 1 is 0.750 bits per heavy atom. The molecule has 0 aromatic heterocycles. The average Bonchev–Trinajstić information content (AvgIpc) is 2.67. The van der Waals surface area contributed by atoms with Crippen LogP contribution in [0.15, 0.2) is 78.9 Å². The van der Waals surface area contributed by atoms with Crippen LogP contribution in [-0.4, -0.2) is 12.6 Å². The molecule has 1 atom stereocenters. The van der Waals surface area contributed by atoms with Gasteiger partial charge < -0.3 is 11.1 Å². The normalized spacial score (nSPS) is 11.9. The van der Waals surface area contributed by atoms with Crippen LogP contribution in [0, 0.1) is 0 Å². The first kappa shape index (κ1) is 16.3. The Morgan fingerprint density at radius 2 is 1.25 bits per heavy atom. The second-order valence-corrected chi connectivity index (χ2v) is 6.08. The van der Waals surface area contributed by atoms with E-state index < -0.39 is 0 Å². The average molecular weight is 316 g/mol. The summed E-state index contributed by atoms with van der Waals surface area (Å²) >= 11 is 0. The molecule has 0 bridgehead atoms. The molecule has 3 rings (SSSR count). The second kappa shape index (κ2) is 7.80. The van der Waals surface area contributed by atoms with E-state index in [0.29, 0.717) is 0 Å². The van der Waals surface area contributed by atoms with Gasteiger partial charge in [-0.15, -0.1) is 0 Å². The predicted octanol–water partition coefficient (Wildman–Crippen LogP) is 5.17. The smallest absolute Gasteiger partial charge is 0.0353 e. The Hall–Kier alpha value is -2.58. The van der Waals surface area contributed by atoms with Gasteiger partial charge in [0.2, 0.25) is 0 Å². The lowest BCUT2D eigenvalue weighted by molar-refractivity contribution is 0.679. The fraction of sp³-hybridized carbons (Fsp3) is 0.182. The van der Waals surface area contributed by atoms with Gasteiger partial charge in [0.05, 0.1) is 0 Å². The highest BCUT2D eigenvalue weighted by molar-refractivity contribution is 5.78. The van der Waals surface area contributed by atoms with Gasteiger partial charge in [-0.2, -0.15) is 0 Å². The monoisotopic (exact) mass is 316 g/mol. The molecule has 0 fully saturated rings. The number of anilines is 1. The van der Waals surface area contributed by atoms with Crippen molar-refractivity contribution in [2.75, 3.05) is 11.9 Å². The minimum atomic E-state index is 0.172. The molecule has 3 aromatic carbocycles. The molecule has 2 heteroatoms. The van der Waals surface area contributed by atoms with Crippen molar-refractivity contribution in [1.29, 1.82) is 0 Å². The third-order valence-corrected chi connectivity index (χ3v) is 4.24. The van der Waals surface area contributed by atoms with Crippen LogP contribution in [0.25, 0.3) is 22.3 Å². The Morgan fingerprint density at radius 3 is 1.71 bits per heavy atom. The van der Waals surface area contributed by atoms with Gasteiger partial charge in [0.15, 0.2) is 0 Å². The van der Waals surface area contributed by atoms with E-state index in [1.165, 1.54) is 22.3 Å². The highest BCUT2D eigenvalue weighted by Gasteiger charge is 2.06. The molecule has 0 amide bonds. The van der Waals surface area contributed by atoms with Gasteiger partial charge in [0.1, 0.15) is 0 Å². The SMILES string of the molecule is CCC(N)CNc1cc(-c2ccccc2)cc(-c2ccccc2)c1. The first-order chi connectivity index (χ1) is 11.8. The largest absolute Gasteiger partial charge is 0.383 e. The summed E-state index contributed by atoms with van der Waals surface area (Å²) in [5.41, 5.74) is 12.0. The molecule has 0 aliphatic rings. The van der Waals surface area contributed by atoms with E-state index in [0.717, 1.165) is 18.7 Å². The molecular weight excluding hydrogens is 292 g/mol. The Kier molecular flexibility index (Phi) is 5.29. The van der Waals surface area contributed by atoms with E-state index in [1.54, 1.807) is 0 Å². The maximum absolute atomic E-state index is 6.06. The molecule has 3 N–H and O–H groups in total. The van der Waals surface area contributed by atoms with Crippen molar-refractivity contribution in [3.05, 3.63) is 78.9 Å². The fourth-order valence-electron chi connectivity index (χ4n) is 2.72. The standard InChI is InChI=1S/C22H24N2/c1-2-21(23)16-24-22-14-19(17-9-5-3-6-10-17)13-20(15-22)18-11-7-4-8-12-18/h3-15,21,24H,2,16,23H2,1H3. The van der Waals surface area contributed by atoms with E-state index >= 15 is 0 Å². The summed E-state index contributed by atoms with van der Waals surface area (Å²) in [5, 5.41) is 3.49. The van der Waals surface area contributed by atoms with Crippen LogP contribution in [0.4, 0.5) is 5.69 Å². The molecule has 2 nitrogen and oxygen atoms in total. The molecule has 0 aliphatic carbocycles. The van der Waals surface area contributed by atoms with Gasteiger partial charge in [0.25, 0.3) is 0 Å². The molecule has 3 aromatic rings. The number of hydrogen-bond acceptors (Lipinski definition) is 2. The third-order valence-electron chi connectivity index (χ3n) is 4.24. The summed E-state index contributed by atoms with van der Waals surface area (Å²) in [4.78, 5) is 0. The van der Waals surface area contributed by atoms with Crippen molar-refractivity contribution in [3.63, 3.8) is 0 Å². The van der Waals surface area contributed by atoms with Crippen molar-refractivity contribution >= 4 is 5.69 Å². The second-order valence-electron chi connectivity index (χ2n) is 6.08. The van der Waals surface area contributed by atoms with Gasteiger partial charge in [-0.1, -0.05) is 67.6 Å². The van der Waals surface area contributed by atoms with Gasteiger partial charge in [0, 0.05) is 18.3 Å². The van der Waals surface area contributed by atoms with Crippen LogP contribution in [0.5, 0.6) is 0 Å². The molecule has 0 heterocycles. The van der Waals surface area contributed by atoms with Crippen LogP contribution in [0.2, 0.25) is 0 Å². The maximum Gasteiger partial charge on any atom is 0.0353 e. The van der Waals surface area contributed by atoms with E-state index in [2.05, 4.69) is 79.0 Å². The van der Waals surface area contributed by atoms with E-state index in [-0.39, 0.29) is 6.04 Å². The first-order valence-electron chi connectivity index (χ1n) is 8.51. The molecule has 122 valence electrons. The topological polar surface area (TPSA) is 38.0 Å². The number of nitrogens with two attached hydrogens (primary N) is 1. The van der Waals surface area contributed by atoms with Crippen molar-refractivity contribution in [1.82, 2.24) is 0 Å². The molecular formula is C22H24N2. The third kappa shape index (κ3) is 4.03. The van der Waals surface area contributed by atoms with Crippen LogP contribution < -0.4 is 11.1 Å². The minimum Gasteiger partial charge on any atom is -0.383 e. The Labute approximate surface area is 144 Å². The van der Waals surface area contributed by atoms with E-state index in [1.807, 2.05) is 12.1 Å². The first-order valence-corrected chi connectivity index (χ1v) is 8.51. The maximum atomic E-state index is 6.06. The lowest BCUT2D eigenvalue weighted by atomic mass is 9.98. The van der Waals surface area contributed by atoms with E-state index in [4.69, 9.17) is 5.73 Å². The van der Waals surface area contributed by atoms with Gasteiger partial charge >= 0.3 is 0 Å². The summed E-state index contributed by atoms with van der Waals surface area (Å²) < 4.78 is 0. The van der Waals surface area contributed by atoms with E-state index in [9.17, 15) is 0 Å². The minimum absolute atomic E-state index is 0.172. The number of nitrogens with one attached hydrogen (secondary N) is 1. The van der Waals surface area contributed by atoms with Gasteiger partial charge in [-0.3, -0.25) is 0 Å². The van der Waals surface area contributed by atoms with Crippen molar-refractivity contribution in [3.8, 4) is 22.3 Å². The highest BCUT2D eigenvalue weighted by Crippen LogP contribution is 2.30. The molecule has 1 unspecified atom stereocenters. The molecule has 0 aliphatic heterocycles. The summed E-state index contributed by atoms with van der Waals surface area (Å²) in [7, 11) is 0. The number of hydrogen-bond donors (Lipinski definition) is 2. The molecule has 0 saturated carbocycles. The Balaban J connectivity index is 1.99. The quantitative estimate of drug-likeness (QED) is 0.658. The van der Waals surface area contributed by atoms with Gasteiger partial charge in [-0.25, -0.2) is 0 Å². The summed E-state index contributed by atoms with van der Waals surface area (Å²) in [6, 6.07) is 27.8. The van der Waals surface area contributed by atoms with Crippen LogP contribution >= 0.6 is 0 Å².